The highest BCUT2D eigenvalue weighted by Crippen LogP contribution is 2.37. The van der Waals surface area contributed by atoms with E-state index in [0.717, 1.165) is 43.9 Å². The van der Waals surface area contributed by atoms with Gasteiger partial charge in [-0.2, -0.15) is 5.26 Å². The first-order valence-electron chi connectivity index (χ1n) is 9.13. The summed E-state index contributed by atoms with van der Waals surface area (Å²) in [7, 11) is 0. The summed E-state index contributed by atoms with van der Waals surface area (Å²) in [5.41, 5.74) is 1.89. The molecular formula is C19H27N3OS. The number of carbonyl (C=O) groups is 1. The molecule has 0 aromatic carbocycles. The molecule has 0 unspecified atom stereocenters. The maximum absolute atomic E-state index is 12.4. The first-order valence-corrected chi connectivity index (χ1v) is 9.95. The third-order valence-corrected chi connectivity index (χ3v) is 6.34. The first-order chi connectivity index (χ1) is 11.6. The minimum absolute atomic E-state index is 0.0379. The van der Waals surface area contributed by atoms with Crippen LogP contribution in [-0.2, 0) is 17.6 Å². The Morgan fingerprint density at radius 3 is 2.71 bits per heavy atom. The normalized spacial score (nSPS) is 24.2. The molecule has 5 heteroatoms. The van der Waals surface area contributed by atoms with E-state index in [2.05, 4.69) is 30.1 Å². The van der Waals surface area contributed by atoms with E-state index in [1.165, 1.54) is 23.3 Å². The summed E-state index contributed by atoms with van der Waals surface area (Å²) in [6.07, 6.45) is 6.17. The van der Waals surface area contributed by atoms with Crippen LogP contribution in [0.15, 0.2) is 0 Å². The van der Waals surface area contributed by atoms with Gasteiger partial charge in [0.05, 0.1) is 5.56 Å². The summed E-state index contributed by atoms with van der Waals surface area (Å²) in [5, 5.41) is 13.2. The van der Waals surface area contributed by atoms with E-state index in [-0.39, 0.29) is 5.91 Å². The molecule has 1 aromatic heterocycles. The zero-order valence-electron chi connectivity index (χ0n) is 14.7. The number of nitrogens with zero attached hydrogens (tertiary/aromatic N) is 2. The smallest absolute Gasteiger partial charge is 0.226 e. The van der Waals surface area contributed by atoms with E-state index in [9.17, 15) is 10.1 Å². The standard InChI is InChI=1S/C19H27N3OS/c1-13-9-14(2)12-22(11-13)8-7-18(23)21-19-16(10-20)15-5-3-4-6-17(15)24-19/h13-14H,3-9,11-12H2,1-2H3,(H,21,23)/t13-,14-/m0/s1. The fourth-order valence-corrected chi connectivity index (χ4v) is 5.45. The van der Waals surface area contributed by atoms with Crippen molar-refractivity contribution in [3.63, 3.8) is 0 Å². The molecule has 2 aliphatic rings. The molecule has 1 saturated heterocycles. The van der Waals surface area contributed by atoms with Crippen molar-refractivity contribution in [2.45, 2.75) is 52.4 Å². The highest BCUT2D eigenvalue weighted by molar-refractivity contribution is 7.16. The van der Waals surface area contributed by atoms with Crippen LogP contribution < -0.4 is 5.32 Å². The monoisotopic (exact) mass is 345 g/mol. The van der Waals surface area contributed by atoms with Crippen LogP contribution in [0.4, 0.5) is 5.00 Å². The van der Waals surface area contributed by atoms with Gasteiger partial charge >= 0.3 is 0 Å². The van der Waals surface area contributed by atoms with Crippen molar-refractivity contribution in [2.75, 3.05) is 25.0 Å². The quantitative estimate of drug-likeness (QED) is 0.903. The average Bonchev–Trinajstić information content (AvgIpc) is 2.89. The lowest BCUT2D eigenvalue weighted by molar-refractivity contribution is -0.116. The fraction of sp³-hybridized carbons (Fsp3) is 0.684. The lowest BCUT2D eigenvalue weighted by Gasteiger charge is -2.34. The highest BCUT2D eigenvalue weighted by Gasteiger charge is 2.24. The summed E-state index contributed by atoms with van der Waals surface area (Å²) in [5.74, 6) is 1.47. The number of nitriles is 1. The number of hydrogen-bond donors (Lipinski definition) is 1. The van der Waals surface area contributed by atoms with Crippen LogP contribution in [0.3, 0.4) is 0 Å². The van der Waals surface area contributed by atoms with E-state index >= 15 is 0 Å². The van der Waals surface area contributed by atoms with Crippen molar-refractivity contribution in [3.8, 4) is 6.07 Å². The molecule has 0 spiro atoms. The van der Waals surface area contributed by atoms with Gasteiger partial charge in [0, 0.05) is 30.9 Å². The van der Waals surface area contributed by atoms with Crippen LogP contribution in [0.5, 0.6) is 0 Å². The molecule has 1 aliphatic carbocycles. The number of thiophene rings is 1. The summed E-state index contributed by atoms with van der Waals surface area (Å²) in [4.78, 5) is 16.1. The van der Waals surface area contributed by atoms with Crippen LogP contribution in [0, 0.1) is 23.2 Å². The van der Waals surface area contributed by atoms with Crippen LogP contribution in [0.1, 0.15) is 55.5 Å². The van der Waals surface area contributed by atoms with E-state index < -0.39 is 0 Å². The SMILES string of the molecule is C[C@H]1C[C@H](C)CN(CCC(=O)Nc2sc3c(c2C#N)CCCC3)C1. The number of hydrogen-bond acceptors (Lipinski definition) is 4. The maximum Gasteiger partial charge on any atom is 0.226 e. The predicted octanol–water partition coefficient (Wildman–Crippen LogP) is 3.81. The third kappa shape index (κ3) is 3.99. The maximum atomic E-state index is 12.4. The highest BCUT2D eigenvalue weighted by atomic mass is 32.1. The lowest BCUT2D eigenvalue weighted by atomic mass is 9.92. The van der Waals surface area contributed by atoms with Crippen molar-refractivity contribution in [3.05, 3.63) is 16.0 Å². The molecule has 0 saturated carbocycles. The Labute approximate surface area is 148 Å². The Bertz CT molecular complexity index is 636. The van der Waals surface area contributed by atoms with Gasteiger partial charge in [0.2, 0.25) is 5.91 Å². The molecule has 2 heterocycles. The predicted molar refractivity (Wildman–Crippen MR) is 98.3 cm³/mol. The number of rotatable bonds is 4. The second-order valence-corrected chi connectivity index (χ2v) is 8.64. The van der Waals surface area contributed by atoms with Gasteiger partial charge in [0.15, 0.2) is 0 Å². The number of anilines is 1. The molecule has 1 aliphatic heterocycles. The van der Waals surface area contributed by atoms with Gasteiger partial charge in [-0.3, -0.25) is 4.79 Å². The third-order valence-electron chi connectivity index (χ3n) is 5.14. The van der Waals surface area contributed by atoms with Gasteiger partial charge in [-0.05, 0) is 49.5 Å². The Morgan fingerprint density at radius 2 is 2.00 bits per heavy atom. The minimum Gasteiger partial charge on any atom is -0.317 e. The Morgan fingerprint density at radius 1 is 1.29 bits per heavy atom. The second kappa shape index (κ2) is 7.67. The van der Waals surface area contributed by atoms with Gasteiger partial charge in [0.1, 0.15) is 11.1 Å². The van der Waals surface area contributed by atoms with Gasteiger partial charge in [-0.15, -0.1) is 11.3 Å². The molecule has 130 valence electrons. The van der Waals surface area contributed by atoms with E-state index in [1.807, 2.05) is 0 Å². The molecule has 24 heavy (non-hydrogen) atoms. The number of aryl methyl sites for hydroxylation is 1. The number of carbonyl (C=O) groups excluding carboxylic acids is 1. The molecule has 1 aromatic rings. The average molecular weight is 346 g/mol. The lowest BCUT2D eigenvalue weighted by Crippen LogP contribution is -2.40. The number of amides is 1. The zero-order chi connectivity index (χ0) is 17.1. The Hall–Kier alpha value is -1.38. The fourth-order valence-electron chi connectivity index (χ4n) is 4.20. The van der Waals surface area contributed by atoms with E-state index in [1.54, 1.807) is 11.3 Å². The molecule has 1 fully saturated rings. The topological polar surface area (TPSA) is 56.1 Å². The summed E-state index contributed by atoms with van der Waals surface area (Å²) >= 11 is 1.61. The number of likely N-dealkylation sites (tertiary alicyclic amines) is 1. The second-order valence-electron chi connectivity index (χ2n) is 7.53. The molecule has 2 atom stereocenters. The molecule has 0 bridgehead atoms. The van der Waals surface area contributed by atoms with Gasteiger partial charge in [-0.1, -0.05) is 13.8 Å². The van der Waals surface area contributed by atoms with Crippen molar-refractivity contribution < 1.29 is 4.79 Å². The van der Waals surface area contributed by atoms with Crippen LogP contribution in [0.2, 0.25) is 0 Å². The number of fused-ring (bicyclic) bond motifs is 1. The van der Waals surface area contributed by atoms with Gasteiger partial charge in [0.25, 0.3) is 0 Å². The van der Waals surface area contributed by atoms with Crippen molar-refractivity contribution in [2.24, 2.45) is 11.8 Å². The first kappa shape index (κ1) is 17.4. The minimum atomic E-state index is 0.0379. The van der Waals surface area contributed by atoms with Crippen LogP contribution in [-0.4, -0.2) is 30.4 Å². The van der Waals surface area contributed by atoms with Gasteiger partial charge < -0.3 is 10.2 Å². The number of piperidine rings is 1. The van der Waals surface area contributed by atoms with Crippen LogP contribution in [0.25, 0.3) is 0 Å². The van der Waals surface area contributed by atoms with Crippen molar-refractivity contribution in [1.29, 1.82) is 5.26 Å². The molecule has 0 radical (unpaired) electrons. The summed E-state index contributed by atoms with van der Waals surface area (Å²) in [6, 6.07) is 2.31. The number of nitrogens with one attached hydrogen (secondary N) is 1. The van der Waals surface area contributed by atoms with E-state index in [0.29, 0.717) is 23.8 Å². The largest absolute Gasteiger partial charge is 0.317 e. The van der Waals surface area contributed by atoms with Crippen LogP contribution >= 0.6 is 11.3 Å². The Balaban J connectivity index is 1.57. The summed E-state index contributed by atoms with van der Waals surface area (Å²) in [6.45, 7) is 7.58. The molecule has 4 nitrogen and oxygen atoms in total. The van der Waals surface area contributed by atoms with Crippen molar-refractivity contribution >= 4 is 22.2 Å². The Kier molecular flexibility index (Phi) is 5.57. The van der Waals surface area contributed by atoms with Gasteiger partial charge in [-0.25, -0.2) is 0 Å². The molecular weight excluding hydrogens is 318 g/mol. The molecule has 1 amide bonds. The molecule has 1 N–H and O–H groups in total. The zero-order valence-corrected chi connectivity index (χ0v) is 15.5. The summed E-state index contributed by atoms with van der Waals surface area (Å²) < 4.78 is 0. The van der Waals surface area contributed by atoms with E-state index in [4.69, 9.17) is 0 Å². The molecule has 3 rings (SSSR count). The van der Waals surface area contributed by atoms with Crippen molar-refractivity contribution in [1.82, 2.24) is 4.90 Å².